The maximum absolute atomic E-state index is 11.9. The second-order valence-corrected chi connectivity index (χ2v) is 2.47. The van der Waals surface area contributed by atoms with Gasteiger partial charge in [-0.2, -0.15) is 13.2 Å². The van der Waals surface area contributed by atoms with Crippen molar-refractivity contribution in [2.24, 2.45) is 0 Å². The van der Waals surface area contributed by atoms with Gasteiger partial charge < -0.3 is 20.1 Å². The lowest BCUT2D eigenvalue weighted by Gasteiger charge is -2.16. The first-order valence-corrected chi connectivity index (χ1v) is 3.10. The highest BCUT2D eigenvalue weighted by Crippen LogP contribution is 2.32. The Kier molecular flexibility index (Phi) is 2.30. The third-order valence-electron chi connectivity index (χ3n) is 1.56. The second kappa shape index (κ2) is 2.84. The van der Waals surface area contributed by atoms with Crippen molar-refractivity contribution in [3.63, 3.8) is 0 Å². The fraction of sp³-hybridized carbons (Fsp3) is 1.00. The highest BCUT2D eigenvalue weighted by molar-refractivity contribution is 4.89. The van der Waals surface area contributed by atoms with Gasteiger partial charge in [0.25, 0.3) is 0 Å². The van der Waals surface area contributed by atoms with Gasteiger partial charge in [-0.05, 0) is 0 Å². The van der Waals surface area contributed by atoms with E-state index >= 15 is 0 Å². The van der Waals surface area contributed by atoms with Crippen LogP contribution < -0.4 is 0 Å². The smallest absolute Gasteiger partial charge is 0.387 e. The molecular formula is C5H7F3O4. The second-order valence-electron chi connectivity index (χ2n) is 2.47. The van der Waals surface area contributed by atoms with Crippen LogP contribution in [0.1, 0.15) is 0 Å². The molecule has 1 aliphatic rings. The van der Waals surface area contributed by atoms with Crippen LogP contribution in [0.3, 0.4) is 0 Å². The molecule has 0 amide bonds. The zero-order valence-electron chi connectivity index (χ0n) is 5.69. The number of halogens is 3. The quantitative estimate of drug-likeness (QED) is 0.455. The minimum atomic E-state index is -4.78. The topological polar surface area (TPSA) is 69.9 Å². The fourth-order valence-electron chi connectivity index (χ4n) is 0.930. The Morgan fingerprint density at radius 2 is 1.50 bits per heavy atom. The fourth-order valence-corrected chi connectivity index (χ4v) is 0.930. The molecule has 0 aromatic carbocycles. The van der Waals surface area contributed by atoms with Crippen molar-refractivity contribution in [3.8, 4) is 0 Å². The monoisotopic (exact) mass is 188 g/mol. The Labute approximate surface area is 65.2 Å². The van der Waals surface area contributed by atoms with E-state index in [9.17, 15) is 13.2 Å². The van der Waals surface area contributed by atoms with Gasteiger partial charge in [0.1, 0.15) is 12.2 Å². The third kappa shape index (κ3) is 1.53. The molecule has 0 bridgehead atoms. The van der Waals surface area contributed by atoms with Gasteiger partial charge in [-0.15, -0.1) is 0 Å². The summed E-state index contributed by atoms with van der Waals surface area (Å²) < 4.78 is 39.4. The lowest BCUT2D eigenvalue weighted by atomic mass is 10.1. The molecule has 7 heteroatoms. The molecule has 1 aliphatic heterocycles. The zero-order valence-corrected chi connectivity index (χ0v) is 5.69. The van der Waals surface area contributed by atoms with Crippen LogP contribution in [-0.4, -0.2) is 46.1 Å². The molecule has 0 saturated carbocycles. The maximum atomic E-state index is 11.9. The summed E-state index contributed by atoms with van der Waals surface area (Å²) in [5, 5.41) is 26.0. The Morgan fingerprint density at radius 1 is 1.00 bits per heavy atom. The van der Waals surface area contributed by atoms with E-state index in [0.29, 0.717) is 0 Å². The SMILES string of the molecule is O[C@@H]1[C@H](O)[C@H](C(F)(F)F)O[C@@H]1O. The molecule has 12 heavy (non-hydrogen) atoms. The number of hydrogen-bond donors (Lipinski definition) is 3. The number of aliphatic hydroxyl groups excluding tert-OH is 3. The molecule has 1 fully saturated rings. The van der Waals surface area contributed by atoms with Gasteiger partial charge in [0.15, 0.2) is 12.4 Å². The summed E-state index contributed by atoms with van der Waals surface area (Å²) in [6.07, 6.45) is -13.3. The summed E-state index contributed by atoms with van der Waals surface area (Å²) in [5.74, 6) is 0. The first kappa shape index (κ1) is 9.72. The predicted octanol–water partition coefficient (Wildman–Crippen LogP) is -1.01. The number of alkyl halides is 3. The molecule has 1 rings (SSSR count). The van der Waals surface area contributed by atoms with Crippen molar-refractivity contribution < 1.29 is 33.2 Å². The van der Waals surface area contributed by atoms with Crippen molar-refractivity contribution >= 4 is 0 Å². The standard InChI is InChI=1S/C5H7F3O4/c6-5(7,8)3-1(9)2(10)4(11)12-3/h1-4,9-11H/t1-,2+,3+,4-/m0/s1. The highest BCUT2D eigenvalue weighted by atomic mass is 19.4. The van der Waals surface area contributed by atoms with Gasteiger partial charge in [-0.25, -0.2) is 0 Å². The number of hydrogen-bond acceptors (Lipinski definition) is 4. The van der Waals surface area contributed by atoms with Crippen molar-refractivity contribution in [1.29, 1.82) is 0 Å². The molecule has 3 N–H and O–H groups in total. The highest BCUT2D eigenvalue weighted by Gasteiger charge is 2.55. The predicted molar refractivity (Wildman–Crippen MR) is 28.9 cm³/mol. The van der Waals surface area contributed by atoms with E-state index in [2.05, 4.69) is 4.74 Å². The minimum Gasteiger partial charge on any atom is -0.387 e. The van der Waals surface area contributed by atoms with Crippen molar-refractivity contribution in [2.75, 3.05) is 0 Å². The van der Waals surface area contributed by atoms with Crippen molar-refractivity contribution in [3.05, 3.63) is 0 Å². The summed E-state index contributed by atoms with van der Waals surface area (Å²) in [6, 6.07) is 0. The van der Waals surface area contributed by atoms with Gasteiger partial charge in [-0.1, -0.05) is 0 Å². The molecule has 72 valence electrons. The van der Waals surface area contributed by atoms with E-state index in [1.807, 2.05) is 0 Å². The lowest BCUT2D eigenvalue weighted by molar-refractivity contribution is -0.248. The van der Waals surface area contributed by atoms with Crippen LogP contribution in [0.5, 0.6) is 0 Å². The normalized spacial score (nSPS) is 43.5. The molecule has 0 aromatic rings. The van der Waals surface area contributed by atoms with E-state index in [-0.39, 0.29) is 0 Å². The number of rotatable bonds is 0. The van der Waals surface area contributed by atoms with Crippen LogP contribution in [0.15, 0.2) is 0 Å². The van der Waals surface area contributed by atoms with Crippen LogP contribution in [0.2, 0.25) is 0 Å². The Balaban J connectivity index is 2.71. The molecule has 0 spiro atoms. The summed E-state index contributed by atoms with van der Waals surface area (Å²) in [7, 11) is 0. The summed E-state index contributed by atoms with van der Waals surface area (Å²) in [5.41, 5.74) is 0. The summed E-state index contributed by atoms with van der Waals surface area (Å²) >= 11 is 0. The summed E-state index contributed by atoms with van der Waals surface area (Å²) in [4.78, 5) is 0. The molecule has 4 atom stereocenters. The van der Waals surface area contributed by atoms with Gasteiger partial charge in [0.05, 0.1) is 0 Å². The van der Waals surface area contributed by atoms with Gasteiger partial charge >= 0.3 is 6.18 Å². The van der Waals surface area contributed by atoms with Crippen molar-refractivity contribution in [2.45, 2.75) is 30.8 Å². The van der Waals surface area contributed by atoms with E-state index < -0.39 is 30.8 Å². The van der Waals surface area contributed by atoms with Crippen LogP contribution in [0.4, 0.5) is 13.2 Å². The van der Waals surface area contributed by atoms with Gasteiger partial charge in [0.2, 0.25) is 0 Å². The largest absolute Gasteiger partial charge is 0.417 e. The van der Waals surface area contributed by atoms with Crippen LogP contribution in [-0.2, 0) is 4.74 Å². The first-order chi connectivity index (χ1) is 5.34. The molecular weight excluding hydrogens is 181 g/mol. The third-order valence-corrected chi connectivity index (χ3v) is 1.56. The van der Waals surface area contributed by atoms with Crippen molar-refractivity contribution in [1.82, 2.24) is 0 Å². The van der Waals surface area contributed by atoms with Crippen LogP contribution in [0, 0.1) is 0 Å². The zero-order chi connectivity index (χ0) is 9.52. The molecule has 1 saturated heterocycles. The Morgan fingerprint density at radius 3 is 1.67 bits per heavy atom. The van der Waals surface area contributed by atoms with Gasteiger partial charge in [0, 0.05) is 0 Å². The molecule has 0 radical (unpaired) electrons. The molecule has 0 unspecified atom stereocenters. The molecule has 0 aromatic heterocycles. The van der Waals surface area contributed by atoms with E-state index in [0.717, 1.165) is 0 Å². The van der Waals surface area contributed by atoms with Gasteiger partial charge in [-0.3, -0.25) is 0 Å². The maximum Gasteiger partial charge on any atom is 0.417 e. The first-order valence-electron chi connectivity index (χ1n) is 3.10. The molecule has 0 aliphatic carbocycles. The summed E-state index contributed by atoms with van der Waals surface area (Å²) in [6.45, 7) is 0. The van der Waals surface area contributed by atoms with E-state index in [4.69, 9.17) is 15.3 Å². The Bertz CT molecular complexity index is 171. The minimum absolute atomic E-state index is 1.91. The van der Waals surface area contributed by atoms with E-state index in [1.165, 1.54) is 0 Å². The lowest BCUT2D eigenvalue weighted by Crippen LogP contribution is -2.40. The average molecular weight is 188 g/mol. The van der Waals surface area contributed by atoms with Crippen LogP contribution in [0.25, 0.3) is 0 Å². The number of aliphatic hydroxyl groups is 3. The Hall–Kier alpha value is -0.370. The average Bonchev–Trinajstić information content (AvgIpc) is 2.15. The number of ether oxygens (including phenoxy) is 1. The van der Waals surface area contributed by atoms with E-state index in [1.54, 1.807) is 0 Å². The molecule has 1 heterocycles. The van der Waals surface area contributed by atoms with Crippen LogP contribution >= 0.6 is 0 Å². The molecule has 4 nitrogen and oxygen atoms in total.